The Kier molecular flexibility index (Phi) is 3.54. The zero-order valence-corrected chi connectivity index (χ0v) is 9.46. The van der Waals surface area contributed by atoms with Crippen molar-refractivity contribution < 1.29 is 4.39 Å². The highest BCUT2D eigenvalue weighted by Gasteiger charge is 2.19. The van der Waals surface area contributed by atoms with E-state index >= 15 is 0 Å². The molecule has 5 heteroatoms. The molecule has 4 nitrogen and oxygen atoms in total. The Labute approximate surface area is 94.7 Å². The summed E-state index contributed by atoms with van der Waals surface area (Å²) in [6.07, 6.45) is 5.62. The highest BCUT2D eigenvalue weighted by atomic mass is 19.1. The fraction of sp³-hybridized carbons (Fsp3) is 0.636. The number of nitrogens with one attached hydrogen (secondary N) is 2. The number of hydrogen-bond donors (Lipinski definition) is 2. The Morgan fingerprint density at radius 2 is 2.31 bits per heavy atom. The summed E-state index contributed by atoms with van der Waals surface area (Å²) in [5.74, 6) is 0.428. The third kappa shape index (κ3) is 2.59. The van der Waals surface area contributed by atoms with E-state index in [0.29, 0.717) is 17.8 Å². The van der Waals surface area contributed by atoms with Gasteiger partial charge >= 0.3 is 0 Å². The van der Waals surface area contributed by atoms with E-state index in [1.165, 1.54) is 12.6 Å². The Hall–Kier alpha value is -1.39. The van der Waals surface area contributed by atoms with Gasteiger partial charge < -0.3 is 10.6 Å². The molecule has 0 atom stereocenters. The van der Waals surface area contributed by atoms with Gasteiger partial charge in [0.15, 0.2) is 11.6 Å². The van der Waals surface area contributed by atoms with Crippen molar-refractivity contribution >= 4 is 11.8 Å². The summed E-state index contributed by atoms with van der Waals surface area (Å²) in [6, 6.07) is 0.378. The highest BCUT2D eigenvalue weighted by molar-refractivity contribution is 5.42. The standard InChI is InChI=1S/C11H17FN4/c1-2-6-13-11-14-7-9(12)10(16-11)15-8-4-3-5-8/h7-8H,2-6H2,1H3,(H2,13,14,15,16). The van der Waals surface area contributed by atoms with E-state index in [1.54, 1.807) is 0 Å². The van der Waals surface area contributed by atoms with Crippen molar-refractivity contribution in [3.8, 4) is 0 Å². The van der Waals surface area contributed by atoms with Crippen LogP contribution in [0.15, 0.2) is 6.20 Å². The predicted molar refractivity (Wildman–Crippen MR) is 62.0 cm³/mol. The van der Waals surface area contributed by atoms with E-state index in [-0.39, 0.29) is 5.82 Å². The summed E-state index contributed by atoms with van der Waals surface area (Å²) in [5.41, 5.74) is 0. The van der Waals surface area contributed by atoms with Gasteiger partial charge in [-0.3, -0.25) is 0 Å². The van der Waals surface area contributed by atoms with E-state index in [0.717, 1.165) is 25.8 Å². The van der Waals surface area contributed by atoms with Gasteiger partial charge in [0, 0.05) is 12.6 Å². The maximum atomic E-state index is 13.4. The normalized spacial score (nSPS) is 15.6. The number of aromatic nitrogens is 2. The van der Waals surface area contributed by atoms with Gasteiger partial charge in [-0.25, -0.2) is 9.37 Å². The lowest BCUT2D eigenvalue weighted by molar-refractivity contribution is 0.441. The van der Waals surface area contributed by atoms with Crippen LogP contribution in [0.5, 0.6) is 0 Å². The average molecular weight is 224 g/mol. The molecule has 0 saturated heterocycles. The van der Waals surface area contributed by atoms with Crippen LogP contribution in [0.1, 0.15) is 32.6 Å². The molecule has 1 aromatic heterocycles. The van der Waals surface area contributed by atoms with Crippen LogP contribution in [0.4, 0.5) is 16.2 Å². The molecule has 1 aliphatic carbocycles. The molecule has 0 spiro atoms. The summed E-state index contributed by atoms with van der Waals surface area (Å²) in [5, 5.41) is 6.14. The summed E-state index contributed by atoms with van der Waals surface area (Å²) >= 11 is 0. The van der Waals surface area contributed by atoms with Gasteiger partial charge in [-0.2, -0.15) is 4.98 Å². The average Bonchev–Trinajstić information content (AvgIpc) is 2.23. The molecule has 2 rings (SSSR count). The fourth-order valence-electron chi connectivity index (χ4n) is 1.54. The molecule has 2 N–H and O–H groups in total. The molecule has 0 unspecified atom stereocenters. The molecule has 0 amide bonds. The van der Waals surface area contributed by atoms with Gasteiger partial charge in [0.05, 0.1) is 6.20 Å². The first-order valence-corrected chi connectivity index (χ1v) is 5.82. The number of nitrogens with zero attached hydrogens (tertiary/aromatic N) is 2. The van der Waals surface area contributed by atoms with Crippen LogP contribution in [0.3, 0.4) is 0 Å². The van der Waals surface area contributed by atoms with Crippen molar-refractivity contribution in [2.24, 2.45) is 0 Å². The van der Waals surface area contributed by atoms with E-state index in [4.69, 9.17) is 0 Å². The van der Waals surface area contributed by atoms with Crippen LogP contribution in [0.2, 0.25) is 0 Å². The first kappa shape index (κ1) is 11.1. The first-order chi connectivity index (χ1) is 7.79. The Morgan fingerprint density at radius 3 is 2.94 bits per heavy atom. The van der Waals surface area contributed by atoms with E-state index in [9.17, 15) is 4.39 Å². The number of anilines is 2. The molecular formula is C11H17FN4. The van der Waals surface area contributed by atoms with Crippen LogP contribution >= 0.6 is 0 Å². The predicted octanol–water partition coefficient (Wildman–Crippen LogP) is 2.40. The van der Waals surface area contributed by atoms with Crippen molar-refractivity contribution in [3.63, 3.8) is 0 Å². The van der Waals surface area contributed by atoms with Crippen LogP contribution in [0.25, 0.3) is 0 Å². The minimum Gasteiger partial charge on any atom is -0.365 e. The van der Waals surface area contributed by atoms with E-state index in [2.05, 4.69) is 27.5 Å². The van der Waals surface area contributed by atoms with E-state index in [1.807, 2.05) is 0 Å². The lowest BCUT2D eigenvalue weighted by Crippen LogP contribution is -2.28. The summed E-state index contributed by atoms with van der Waals surface area (Å²) in [6.45, 7) is 2.86. The molecular weight excluding hydrogens is 207 g/mol. The third-order valence-corrected chi connectivity index (χ3v) is 2.72. The molecule has 1 heterocycles. The Bertz CT molecular complexity index is 352. The number of rotatable bonds is 5. The van der Waals surface area contributed by atoms with Crippen LogP contribution < -0.4 is 10.6 Å². The quantitative estimate of drug-likeness (QED) is 0.806. The summed E-state index contributed by atoms with van der Waals surface area (Å²) in [4.78, 5) is 8.01. The van der Waals surface area contributed by atoms with Crippen molar-refractivity contribution in [2.45, 2.75) is 38.6 Å². The molecule has 1 aromatic rings. The molecule has 1 aliphatic rings. The molecule has 0 aliphatic heterocycles. The molecule has 16 heavy (non-hydrogen) atoms. The van der Waals surface area contributed by atoms with Crippen LogP contribution in [-0.4, -0.2) is 22.6 Å². The molecule has 0 bridgehead atoms. The zero-order valence-electron chi connectivity index (χ0n) is 9.46. The number of hydrogen-bond acceptors (Lipinski definition) is 4. The maximum absolute atomic E-state index is 13.4. The summed E-state index contributed by atoms with van der Waals surface area (Å²) in [7, 11) is 0. The maximum Gasteiger partial charge on any atom is 0.224 e. The molecule has 0 aromatic carbocycles. The second-order valence-corrected chi connectivity index (χ2v) is 4.09. The van der Waals surface area contributed by atoms with E-state index < -0.39 is 0 Å². The number of halogens is 1. The van der Waals surface area contributed by atoms with Crippen molar-refractivity contribution in [3.05, 3.63) is 12.0 Å². The molecule has 0 radical (unpaired) electrons. The first-order valence-electron chi connectivity index (χ1n) is 5.82. The van der Waals surface area contributed by atoms with Gasteiger partial charge in [-0.15, -0.1) is 0 Å². The minimum atomic E-state index is -0.381. The largest absolute Gasteiger partial charge is 0.365 e. The molecule has 88 valence electrons. The van der Waals surface area contributed by atoms with Crippen molar-refractivity contribution in [1.82, 2.24) is 9.97 Å². The van der Waals surface area contributed by atoms with Crippen LogP contribution in [-0.2, 0) is 0 Å². The van der Waals surface area contributed by atoms with Crippen LogP contribution in [0, 0.1) is 5.82 Å². The SMILES string of the molecule is CCCNc1ncc(F)c(NC2CCC2)n1. The van der Waals surface area contributed by atoms with Gasteiger partial charge in [0.2, 0.25) is 5.95 Å². The van der Waals surface area contributed by atoms with Crippen molar-refractivity contribution in [1.29, 1.82) is 0 Å². The second-order valence-electron chi connectivity index (χ2n) is 4.09. The minimum absolute atomic E-state index is 0.318. The molecule has 1 fully saturated rings. The second kappa shape index (κ2) is 5.09. The Balaban J connectivity index is 2.02. The Morgan fingerprint density at radius 1 is 1.50 bits per heavy atom. The molecule has 1 saturated carbocycles. The lowest BCUT2D eigenvalue weighted by atomic mass is 9.93. The van der Waals surface area contributed by atoms with Gasteiger partial charge in [0.25, 0.3) is 0 Å². The fourth-order valence-corrected chi connectivity index (χ4v) is 1.54. The lowest BCUT2D eigenvalue weighted by Gasteiger charge is -2.27. The van der Waals surface area contributed by atoms with Gasteiger partial charge in [-0.1, -0.05) is 6.92 Å². The topological polar surface area (TPSA) is 49.8 Å². The third-order valence-electron chi connectivity index (χ3n) is 2.72. The van der Waals surface area contributed by atoms with Gasteiger partial charge in [0.1, 0.15) is 0 Å². The zero-order chi connectivity index (χ0) is 11.4. The smallest absolute Gasteiger partial charge is 0.224 e. The van der Waals surface area contributed by atoms with Crippen molar-refractivity contribution in [2.75, 3.05) is 17.2 Å². The monoisotopic (exact) mass is 224 g/mol. The van der Waals surface area contributed by atoms with Gasteiger partial charge in [-0.05, 0) is 25.7 Å². The highest BCUT2D eigenvalue weighted by Crippen LogP contribution is 2.23. The summed E-state index contributed by atoms with van der Waals surface area (Å²) < 4.78 is 13.4.